The number of nitro groups is 1. The molecule has 1 atom stereocenters. The molecule has 8 nitrogen and oxygen atoms in total. The van der Waals surface area contributed by atoms with Crippen LogP contribution in [-0.4, -0.2) is 30.1 Å². The highest BCUT2D eigenvalue weighted by molar-refractivity contribution is 5.77. The van der Waals surface area contributed by atoms with E-state index in [9.17, 15) is 14.9 Å². The molecule has 0 saturated heterocycles. The van der Waals surface area contributed by atoms with Crippen LogP contribution in [0.4, 0.5) is 5.69 Å². The maximum atomic E-state index is 12.1. The van der Waals surface area contributed by atoms with E-state index in [0.717, 1.165) is 29.0 Å². The maximum absolute atomic E-state index is 12.1. The first kappa shape index (κ1) is 19.5. The van der Waals surface area contributed by atoms with Crippen LogP contribution in [0.25, 0.3) is 0 Å². The van der Waals surface area contributed by atoms with Crippen LogP contribution < -0.4 is 19.5 Å². The van der Waals surface area contributed by atoms with Crippen LogP contribution in [-0.2, 0) is 17.8 Å². The van der Waals surface area contributed by atoms with Gasteiger partial charge in [0.05, 0.1) is 17.6 Å². The topological polar surface area (TPSA) is 99.9 Å². The Kier molecular flexibility index (Phi) is 5.98. The SMILES string of the molecule is CCOc1cc2c(cc1CNC(=O)COc1cccc([N+](=O)[O-])c1)O[C@@H](C)C2. The van der Waals surface area contributed by atoms with Crippen LogP contribution in [0, 0.1) is 10.1 Å². The van der Waals surface area contributed by atoms with Crippen molar-refractivity contribution in [3.63, 3.8) is 0 Å². The molecular formula is C20H22N2O6. The Bertz CT molecular complexity index is 883. The first-order valence-electron chi connectivity index (χ1n) is 9.05. The molecule has 148 valence electrons. The minimum Gasteiger partial charge on any atom is -0.494 e. The maximum Gasteiger partial charge on any atom is 0.273 e. The first-order valence-corrected chi connectivity index (χ1v) is 9.05. The zero-order chi connectivity index (χ0) is 20.1. The largest absolute Gasteiger partial charge is 0.494 e. The van der Waals surface area contributed by atoms with Crippen LogP contribution >= 0.6 is 0 Å². The summed E-state index contributed by atoms with van der Waals surface area (Å²) in [5.41, 5.74) is 1.82. The molecule has 0 bridgehead atoms. The lowest BCUT2D eigenvalue weighted by Crippen LogP contribution is -2.28. The van der Waals surface area contributed by atoms with Gasteiger partial charge in [0.25, 0.3) is 11.6 Å². The van der Waals surface area contributed by atoms with E-state index in [0.29, 0.717) is 6.61 Å². The van der Waals surface area contributed by atoms with Crippen molar-refractivity contribution in [2.24, 2.45) is 0 Å². The van der Waals surface area contributed by atoms with Crippen molar-refractivity contribution >= 4 is 11.6 Å². The summed E-state index contributed by atoms with van der Waals surface area (Å²) in [6.45, 7) is 4.45. The molecule has 1 aliphatic rings. The smallest absolute Gasteiger partial charge is 0.273 e. The fourth-order valence-corrected chi connectivity index (χ4v) is 2.99. The minimum atomic E-state index is -0.515. The number of hydrogen-bond acceptors (Lipinski definition) is 6. The molecule has 0 unspecified atom stereocenters. The van der Waals surface area contributed by atoms with Gasteiger partial charge < -0.3 is 19.5 Å². The van der Waals surface area contributed by atoms with E-state index < -0.39 is 4.92 Å². The van der Waals surface area contributed by atoms with Crippen molar-refractivity contribution in [1.29, 1.82) is 0 Å². The van der Waals surface area contributed by atoms with Gasteiger partial charge in [-0.1, -0.05) is 6.07 Å². The second-order valence-corrected chi connectivity index (χ2v) is 6.45. The summed E-state index contributed by atoms with van der Waals surface area (Å²) in [4.78, 5) is 22.4. The number of amides is 1. The molecule has 0 aliphatic carbocycles. The normalized spacial score (nSPS) is 14.7. The zero-order valence-corrected chi connectivity index (χ0v) is 15.8. The number of carbonyl (C=O) groups excluding carboxylic acids is 1. The number of hydrogen-bond donors (Lipinski definition) is 1. The van der Waals surface area contributed by atoms with Crippen molar-refractivity contribution < 1.29 is 23.9 Å². The van der Waals surface area contributed by atoms with E-state index in [2.05, 4.69) is 5.32 Å². The van der Waals surface area contributed by atoms with Crippen molar-refractivity contribution in [1.82, 2.24) is 5.32 Å². The first-order chi connectivity index (χ1) is 13.5. The van der Waals surface area contributed by atoms with Gasteiger partial charge in [0.1, 0.15) is 23.4 Å². The number of ether oxygens (including phenoxy) is 3. The van der Waals surface area contributed by atoms with E-state index in [-0.39, 0.29) is 36.6 Å². The standard InChI is InChI=1S/C20H22N2O6/c1-3-26-18-8-14-7-13(2)28-19(14)9-15(18)11-21-20(23)12-27-17-6-4-5-16(10-17)22(24)25/h4-6,8-10,13H,3,7,11-12H2,1-2H3,(H,21,23)/t13-/m0/s1. The number of fused-ring (bicyclic) bond motifs is 1. The number of rotatable bonds is 8. The van der Waals surface area contributed by atoms with E-state index >= 15 is 0 Å². The average Bonchev–Trinajstić information content (AvgIpc) is 3.03. The lowest BCUT2D eigenvalue weighted by Gasteiger charge is -2.13. The Morgan fingerprint density at radius 2 is 2.14 bits per heavy atom. The number of non-ortho nitro benzene ring substituents is 1. The van der Waals surface area contributed by atoms with Crippen LogP contribution in [0.3, 0.4) is 0 Å². The summed E-state index contributed by atoms with van der Waals surface area (Å²) in [6.07, 6.45) is 0.955. The summed E-state index contributed by atoms with van der Waals surface area (Å²) in [5.74, 6) is 1.45. The molecule has 28 heavy (non-hydrogen) atoms. The number of benzene rings is 2. The Morgan fingerprint density at radius 3 is 2.89 bits per heavy atom. The minimum absolute atomic E-state index is 0.0911. The van der Waals surface area contributed by atoms with Gasteiger partial charge in [-0.15, -0.1) is 0 Å². The van der Waals surface area contributed by atoms with Gasteiger partial charge in [-0.05, 0) is 32.0 Å². The van der Waals surface area contributed by atoms with Crippen LogP contribution in [0.2, 0.25) is 0 Å². The molecule has 0 spiro atoms. The summed E-state index contributed by atoms with van der Waals surface area (Å²) in [6, 6.07) is 9.56. The molecule has 3 rings (SSSR count). The highest BCUT2D eigenvalue weighted by Crippen LogP contribution is 2.35. The molecule has 1 heterocycles. The zero-order valence-electron chi connectivity index (χ0n) is 15.8. The summed E-state index contributed by atoms with van der Waals surface area (Å²) < 4.78 is 16.8. The van der Waals surface area contributed by atoms with E-state index in [4.69, 9.17) is 14.2 Å². The van der Waals surface area contributed by atoms with Crippen LogP contribution in [0.15, 0.2) is 36.4 Å². The molecular weight excluding hydrogens is 364 g/mol. The van der Waals surface area contributed by atoms with E-state index in [1.54, 1.807) is 6.07 Å². The number of nitrogens with one attached hydrogen (secondary N) is 1. The predicted molar refractivity (Wildman–Crippen MR) is 102 cm³/mol. The average molecular weight is 386 g/mol. The molecule has 1 aliphatic heterocycles. The van der Waals surface area contributed by atoms with E-state index in [1.807, 2.05) is 26.0 Å². The third-order valence-corrected chi connectivity index (χ3v) is 4.25. The van der Waals surface area contributed by atoms with Crippen molar-refractivity contribution in [3.05, 3.63) is 57.6 Å². The second kappa shape index (κ2) is 8.60. The fourth-order valence-electron chi connectivity index (χ4n) is 2.99. The molecule has 2 aromatic carbocycles. The summed E-state index contributed by atoms with van der Waals surface area (Å²) in [7, 11) is 0. The molecule has 1 amide bonds. The fraction of sp³-hybridized carbons (Fsp3) is 0.350. The lowest BCUT2D eigenvalue weighted by molar-refractivity contribution is -0.384. The lowest BCUT2D eigenvalue weighted by atomic mass is 10.1. The molecule has 0 radical (unpaired) electrons. The van der Waals surface area contributed by atoms with Crippen molar-refractivity contribution in [3.8, 4) is 17.2 Å². The molecule has 8 heteroatoms. The number of carbonyl (C=O) groups is 1. The van der Waals surface area contributed by atoms with Crippen molar-refractivity contribution in [2.45, 2.75) is 32.9 Å². The van der Waals surface area contributed by atoms with Gasteiger partial charge in [-0.25, -0.2) is 0 Å². The van der Waals surface area contributed by atoms with Crippen LogP contribution in [0.5, 0.6) is 17.2 Å². The second-order valence-electron chi connectivity index (χ2n) is 6.45. The van der Waals surface area contributed by atoms with Crippen molar-refractivity contribution in [2.75, 3.05) is 13.2 Å². The predicted octanol–water partition coefficient (Wildman–Crippen LogP) is 3.01. The van der Waals surface area contributed by atoms with Gasteiger partial charge in [-0.2, -0.15) is 0 Å². The summed E-state index contributed by atoms with van der Waals surface area (Å²) >= 11 is 0. The highest BCUT2D eigenvalue weighted by atomic mass is 16.6. The van der Waals surface area contributed by atoms with Crippen LogP contribution in [0.1, 0.15) is 25.0 Å². The number of nitro benzene ring substituents is 1. The van der Waals surface area contributed by atoms with Gasteiger partial charge in [0, 0.05) is 30.2 Å². The quantitative estimate of drug-likeness (QED) is 0.553. The summed E-state index contributed by atoms with van der Waals surface area (Å²) in [5, 5.41) is 13.6. The molecule has 2 aromatic rings. The highest BCUT2D eigenvalue weighted by Gasteiger charge is 2.22. The van der Waals surface area contributed by atoms with Gasteiger partial charge >= 0.3 is 0 Å². The molecule has 0 fully saturated rings. The van der Waals surface area contributed by atoms with Gasteiger partial charge in [0.15, 0.2) is 6.61 Å². The molecule has 0 saturated carbocycles. The van der Waals surface area contributed by atoms with Gasteiger partial charge in [-0.3, -0.25) is 14.9 Å². The number of nitrogens with zero attached hydrogens (tertiary/aromatic N) is 1. The van der Waals surface area contributed by atoms with E-state index in [1.165, 1.54) is 18.2 Å². The third kappa shape index (κ3) is 4.70. The molecule has 0 aromatic heterocycles. The Morgan fingerprint density at radius 1 is 1.32 bits per heavy atom. The monoisotopic (exact) mass is 386 g/mol. The Labute approximate surface area is 162 Å². The molecule has 1 N–H and O–H groups in total. The third-order valence-electron chi connectivity index (χ3n) is 4.25. The Hall–Kier alpha value is -3.29. The van der Waals surface area contributed by atoms with Gasteiger partial charge in [0.2, 0.25) is 0 Å². The Balaban J connectivity index is 1.59.